The summed E-state index contributed by atoms with van der Waals surface area (Å²) in [6, 6.07) is 16.2. The molecule has 5 heteroatoms. The average molecular weight is 361 g/mol. The molecule has 0 saturated heterocycles. The lowest BCUT2D eigenvalue weighted by Gasteiger charge is -2.08. The summed E-state index contributed by atoms with van der Waals surface area (Å²) in [5, 5.41) is 0.879. The number of H-pyrrole nitrogens is 1. The Morgan fingerprint density at radius 3 is 2.73 bits per heavy atom. The standard InChI is InChI=1S/C21H19N3OS/c1-13-8-9-17-20(14(13)2)24-21(23-17)26-19-7-5-4-6-16(19)18-12-15(25-3)10-11-22-18/h4-12H,1-3H3,(H,23,24). The van der Waals surface area contributed by atoms with Crippen LogP contribution in [0, 0.1) is 13.8 Å². The third kappa shape index (κ3) is 3.06. The molecule has 2 aromatic carbocycles. The summed E-state index contributed by atoms with van der Waals surface area (Å²) in [6.07, 6.45) is 1.77. The monoisotopic (exact) mass is 361 g/mol. The van der Waals surface area contributed by atoms with Crippen molar-refractivity contribution in [1.82, 2.24) is 15.0 Å². The number of imidazole rings is 1. The number of nitrogens with zero attached hydrogens (tertiary/aromatic N) is 2. The first-order chi connectivity index (χ1) is 12.7. The van der Waals surface area contributed by atoms with Crippen molar-refractivity contribution in [2.45, 2.75) is 23.9 Å². The second-order valence-corrected chi connectivity index (χ2v) is 7.16. The molecule has 2 aromatic heterocycles. The van der Waals surface area contributed by atoms with Gasteiger partial charge in [-0.2, -0.15) is 0 Å². The van der Waals surface area contributed by atoms with Crippen LogP contribution < -0.4 is 4.74 Å². The summed E-state index contributed by atoms with van der Waals surface area (Å²) in [4.78, 5) is 13.8. The van der Waals surface area contributed by atoms with Gasteiger partial charge in [0.1, 0.15) is 5.75 Å². The van der Waals surface area contributed by atoms with Crippen molar-refractivity contribution in [1.29, 1.82) is 0 Å². The quantitative estimate of drug-likeness (QED) is 0.529. The van der Waals surface area contributed by atoms with Gasteiger partial charge >= 0.3 is 0 Å². The number of rotatable bonds is 4. The predicted molar refractivity (Wildman–Crippen MR) is 106 cm³/mol. The average Bonchev–Trinajstić information content (AvgIpc) is 3.09. The highest BCUT2D eigenvalue weighted by Gasteiger charge is 2.12. The van der Waals surface area contributed by atoms with E-state index >= 15 is 0 Å². The summed E-state index contributed by atoms with van der Waals surface area (Å²) >= 11 is 1.62. The number of fused-ring (bicyclic) bond motifs is 1. The SMILES string of the molecule is COc1ccnc(-c2ccccc2Sc2nc3c(C)c(C)ccc3[nH]2)c1. The molecule has 4 aromatic rings. The van der Waals surface area contributed by atoms with Crippen LogP contribution in [0.25, 0.3) is 22.3 Å². The van der Waals surface area contributed by atoms with E-state index in [0.717, 1.165) is 38.1 Å². The molecule has 0 amide bonds. The highest BCUT2D eigenvalue weighted by Crippen LogP contribution is 2.36. The molecule has 0 radical (unpaired) electrons. The molecule has 1 N–H and O–H groups in total. The van der Waals surface area contributed by atoms with Crippen molar-refractivity contribution in [2.75, 3.05) is 7.11 Å². The van der Waals surface area contributed by atoms with Crippen LogP contribution in [0.1, 0.15) is 11.1 Å². The highest BCUT2D eigenvalue weighted by molar-refractivity contribution is 7.99. The third-order valence-electron chi connectivity index (χ3n) is 4.49. The summed E-state index contributed by atoms with van der Waals surface area (Å²) in [5.41, 5.74) is 6.51. The Bertz CT molecular complexity index is 1090. The minimum Gasteiger partial charge on any atom is -0.497 e. The van der Waals surface area contributed by atoms with Crippen LogP contribution in [-0.4, -0.2) is 22.1 Å². The Balaban J connectivity index is 1.74. The third-order valence-corrected chi connectivity index (χ3v) is 5.46. The van der Waals surface area contributed by atoms with Crippen molar-refractivity contribution in [3.05, 3.63) is 65.9 Å². The van der Waals surface area contributed by atoms with Gasteiger partial charge < -0.3 is 9.72 Å². The van der Waals surface area contributed by atoms with Crippen LogP contribution in [0.2, 0.25) is 0 Å². The first-order valence-electron chi connectivity index (χ1n) is 8.39. The summed E-state index contributed by atoms with van der Waals surface area (Å²) < 4.78 is 5.33. The zero-order valence-electron chi connectivity index (χ0n) is 14.9. The van der Waals surface area contributed by atoms with E-state index in [2.05, 4.69) is 48.1 Å². The molecule has 0 bridgehead atoms. The number of methoxy groups -OCH3 is 1. The Labute approximate surface area is 156 Å². The number of hydrogen-bond donors (Lipinski definition) is 1. The summed E-state index contributed by atoms with van der Waals surface area (Å²) in [6.45, 7) is 4.22. The molecule has 2 heterocycles. The van der Waals surface area contributed by atoms with Gasteiger partial charge in [0.25, 0.3) is 0 Å². The largest absolute Gasteiger partial charge is 0.497 e. The molecule has 0 aliphatic rings. The van der Waals surface area contributed by atoms with Gasteiger partial charge in [-0.05, 0) is 43.2 Å². The zero-order valence-corrected chi connectivity index (χ0v) is 15.7. The lowest BCUT2D eigenvalue weighted by Crippen LogP contribution is -1.89. The number of ether oxygens (including phenoxy) is 1. The van der Waals surface area contributed by atoms with Crippen LogP contribution in [0.4, 0.5) is 0 Å². The number of benzene rings is 2. The Hall–Kier alpha value is -2.79. The van der Waals surface area contributed by atoms with Crippen LogP contribution in [0.15, 0.2) is 64.8 Å². The van der Waals surface area contributed by atoms with E-state index in [0.29, 0.717) is 0 Å². The Kier molecular flexibility index (Phi) is 4.39. The van der Waals surface area contributed by atoms with Gasteiger partial charge in [0.15, 0.2) is 5.16 Å². The second kappa shape index (κ2) is 6.84. The van der Waals surface area contributed by atoms with Crippen molar-refractivity contribution in [2.24, 2.45) is 0 Å². The highest BCUT2D eigenvalue weighted by atomic mass is 32.2. The van der Waals surface area contributed by atoms with Gasteiger partial charge in [-0.15, -0.1) is 0 Å². The lowest BCUT2D eigenvalue weighted by molar-refractivity contribution is 0.414. The second-order valence-electron chi connectivity index (χ2n) is 6.12. The van der Waals surface area contributed by atoms with E-state index in [4.69, 9.17) is 9.72 Å². The number of aromatic nitrogens is 3. The smallest absolute Gasteiger partial charge is 0.171 e. The number of pyridine rings is 1. The molecule has 4 nitrogen and oxygen atoms in total. The summed E-state index contributed by atoms with van der Waals surface area (Å²) in [7, 11) is 1.67. The van der Waals surface area contributed by atoms with E-state index < -0.39 is 0 Å². The van der Waals surface area contributed by atoms with Crippen LogP contribution >= 0.6 is 11.8 Å². The van der Waals surface area contributed by atoms with Crippen LogP contribution in [-0.2, 0) is 0 Å². The van der Waals surface area contributed by atoms with Gasteiger partial charge in [-0.1, -0.05) is 36.0 Å². The maximum absolute atomic E-state index is 5.33. The van der Waals surface area contributed by atoms with Gasteiger partial charge in [-0.3, -0.25) is 4.98 Å². The van der Waals surface area contributed by atoms with Crippen molar-refractivity contribution in [3.8, 4) is 17.0 Å². The molecule has 0 aliphatic carbocycles. The minimum atomic E-state index is 0.796. The zero-order chi connectivity index (χ0) is 18.1. The first kappa shape index (κ1) is 16.7. The van der Waals surface area contributed by atoms with Gasteiger partial charge in [-0.25, -0.2) is 4.98 Å². The molecule has 4 rings (SSSR count). The number of hydrogen-bond acceptors (Lipinski definition) is 4. The van der Waals surface area contributed by atoms with Crippen LogP contribution in [0.5, 0.6) is 5.75 Å². The molecule has 0 fully saturated rings. The maximum atomic E-state index is 5.33. The first-order valence-corrected chi connectivity index (χ1v) is 9.20. The van der Waals surface area contributed by atoms with E-state index in [-0.39, 0.29) is 0 Å². The molecule has 0 spiro atoms. The molecule has 0 atom stereocenters. The van der Waals surface area contributed by atoms with E-state index in [1.807, 2.05) is 24.3 Å². The van der Waals surface area contributed by atoms with Gasteiger partial charge in [0.05, 0.1) is 23.8 Å². The molecule has 26 heavy (non-hydrogen) atoms. The Morgan fingerprint density at radius 2 is 1.88 bits per heavy atom. The molecular weight excluding hydrogens is 342 g/mol. The molecule has 0 saturated carbocycles. The van der Waals surface area contributed by atoms with Crippen LogP contribution in [0.3, 0.4) is 0 Å². The fourth-order valence-electron chi connectivity index (χ4n) is 2.90. The van der Waals surface area contributed by atoms with E-state index in [1.54, 1.807) is 25.1 Å². The fraction of sp³-hybridized carbons (Fsp3) is 0.143. The van der Waals surface area contributed by atoms with Gasteiger partial charge in [0.2, 0.25) is 0 Å². The minimum absolute atomic E-state index is 0.796. The Morgan fingerprint density at radius 1 is 1.04 bits per heavy atom. The molecular formula is C21H19N3OS. The van der Waals surface area contributed by atoms with Crippen molar-refractivity contribution >= 4 is 22.8 Å². The van der Waals surface area contributed by atoms with Crippen molar-refractivity contribution in [3.63, 3.8) is 0 Å². The molecule has 130 valence electrons. The van der Waals surface area contributed by atoms with Gasteiger partial charge in [0, 0.05) is 22.7 Å². The predicted octanol–water partition coefficient (Wildman–Crippen LogP) is 5.40. The number of aryl methyl sites for hydroxylation is 2. The number of nitrogens with one attached hydrogen (secondary N) is 1. The number of aromatic amines is 1. The maximum Gasteiger partial charge on any atom is 0.171 e. The van der Waals surface area contributed by atoms with E-state index in [9.17, 15) is 0 Å². The molecule has 0 aliphatic heterocycles. The van der Waals surface area contributed by atoms with E-state index in [1.165, 1.54) is 11.1 Å². The lowest BCUT2D eigenvalue weighted by atomic mass is 10.1. The normalized spacial score (nSPS) is 11.0. The fourth-order valence-corrected chi connectivity index (χ4v) is 3.83. The summed E-state index contributed by atoms with van der Waals surface area (Å²) in [5.74, 6) is 0.796. The molecule has 0 unspecified atom stereocenters. The van der Waals surface area contributed by atoms with Crippen molar-refractivity contribution < 1.29 is 4.74 Å². The topological polar surface area (TPSA) is 50.8 Å².